The van der Waals surface area contributed by atoms with Crippen molar-refractivity contribution in [3.8, 4) is 12.3 Å². The van der Waals surface area contributed by atoms with Crippen molar-refractivity contribution < 1.29 is 13.5 Å². The van der Waals surface area contributed by atoms with Gasteiger partial charge in [-0.15, -0.1) is 17.8 Å². The van der Waals surface area contributed by atoms with Crippen molar-refractivity contribution in [1.82, 2.24) is 0 Å². The van der Waals surface area contributed by atoms with Crippen LogP contribution in [0.25, 0.3) is 10.7 Å². The Balaban J connectivity index is 2.36. The van der Waals surface area contributed by atoms with Gasteiger partial charge in [0.25, 0.3) is 10.0 Å². The number of fused-ring (bicyclic) bond motifs is 1. The fourth-order valence-corrected chi connectivity index (χ4v) is 5.19. The number of thiophene rings is 1. The molecule has 0 bridgehead atoms. The Labute approximate surface area is 133 Å². The van der Waals surface area contributed by atoms with E-state index >= 15 is 0 Å². The smallest absolute Gasteiger partial charge is 0.269 e. The second kappa shape index (κ2) is 5.20. The fraction of sp³-hybridized carbons (Fsp3) is 0.125. The predicted molar refractivity (Wildman–Crippen MR) is 90.0 cm³/mol. The third-order valence-electron chi connectivity index (χ3n) is 3.52. The molecular weight excluding hydrogens is 318 g/mol. The van der Waals surface area contributed by atoms with Crippen LogP contribution in [0.1, 0.15) is 16.0 Å². The van der Waals surface area contributed by atoms with E-state index in [1.807, 2.05) is 6.07 Å². The van der Waals surface area contributed by atoms with Gasteiger partial charge < -0.3 is 5.11 Å². The van der Waals surface area contributed by atoms with E-state index < -0.39 is 10.0 Å². The second-order valence-corrected chi connectivity index (χ2v) is 7.56. The molecule has 0 radical (unpaired) electrons. The Morgan fingerprint density at radius 3 is 2.73 bits per heavy atom. The normalized spacial score (nSPS) is 16.3. The number of sulfonamides is 1. The Hall–Kier alpha value is -2.23. The molecule has 0 spiro atoms. The molecule has 2 heterocycles. The van der Waals surface area contributed by atoms with Crippen LogP contribution < -0.4 is 4.31 Å². The SMILES string of the molecule is C#CCN1c2ccsc2C(O)=C(c2ccccc2C)S1(=O)=O. The first kappa shape index (κ1) is 14.7. The highest BCUT2D eigenvalue weighted by molar-refractivity contribution is 8.02. The fourth-order valence-electron chi connectivity index (χ4n) is 2.49. The van der Waals surface area contributed by atoms with Gasteiger partial charge >= 0.3 is 0 Å². The van der Waals surface area contributed by atoms with Gasteiger partial charge in [0.2, 0.25) is 0 Å². The summed E-state index contributed by atoms with van der Waals surface area (Å²) in [6.45, 7) is 1.73. The minimum Gasteiger partial charge on any atom is -0.505 e. The zero-order chi connectivity index (χ0) is 15.9. The monoisotopic (exact) mass is 331 g/mol. The zero-order valence-corrected chi connectivity index (χ0v) is 13.4. The van der Waals surface area contributed by atoms with Crippen molar-refractivity contribution in [3.63, 3.8) is 0 Å². The molecule has 0 saturated heterocycles. The summed E-state index contributed by atoms with van der Waals surface area (Å²) in [5.74, 6) is 2.16. The molecule has 4 nitrogen and oxygen atoms in total. The van der Waals surface area contributed by atoms with E-state index in [1.165, 1.54) is 15.6 Å². The lowest BCUT2D eigenvalue weighted by Crippen LogP contribution is -2.35. The second-order valence-electron chi connectivity index (χ2n) is 4.84. The number of benzene rings is 1. The highest BCUT2D eigenvalue weighted by atomic mass is 32.2. The predicted octanol–water partition coefficient (Wildman–Crippen LogP) is 3.22. The molecular formula is C16H13NO3S2. The lowest BCUT2D eigenvalue weighted by atomic mass is 10.1. The molecule has 1 aliphatic rings. The average Bonchev–Trinajstić information content (AvgIpc) is 2.95. The molecule has 0 saturated carbocycles. The molecule has 1 N–H and O–H groups in total. The van der Waals surface area contributed by atoms with Crippen LogP contribution in [0.15, 0.2) is 35.7 Å². The van der Waals surface area contributed by atoms with E-state index in [1.54, 1.807) is 36.6 Å². The third kappa shape index (κ3) is 2.02. The quantitative estimate of drug-likeness (QED) is 0.860. The van der Waals surface area contributed by atoms with Gasteiger partial charge in [-0.05, 0) is 23.9 Å². The van der Waals surface area contributed by atoms with Crippen LogP contribution in [0, 0.1) is 19.3 Å². The maximum atomic E-state index is 12.9. The van der Waals surface area contributed by atoms with Crippen molar-refractivity contribution in [2.45, 2.75) is 6.92 Å². The number of nitrogens with zero attached hydrogens (tertiary/aromatic N) is 1. The van der Waals surface area contributed by atoms with Gasteiger partial charge in [-0.3, -0.25) is 4.31 Å². The molecule has 0 amide bonds. The number of rotatable bonds is 2. The van der Waals surface area contributed by atoms with Gasteiger partial charge in [0.15, 0.2) is 5.76 Å². The summed E-state index contributed by atoms with van der Waals surface area (Å²) in [7, 11) is -3.91. The molecule has 0 aliphatic carbocycles. The van der Waals surface area contributed by atoms with E-state index in [0.717, 1.165) is 5.56 Å². The summed E-state index contributed by atoms with van der Waals surface area (Å²) >= 11 is 1.29. The van der Waals surface area contributed by atoms with E-state index in [4.69, 9.17) is 6.42 Å². The standard InChI is InChI=1S/C16H13NO3S2/c1-3-9-17-13-8-10-21-15(13)14(18)16(22(17,19)20)12-7-5-4-6-11(12)2/h1,4-8,10,18H,9H2,2H3. The number of hydrogen-bond acceptors (Lipinski definition) is 4. The summed E-state index contributed by atoms with van der Waals surface area (Å²) in [6, 6.07) is 8.71. The summed E-state index contributed by atoms with van der Waals surface area (Å²) in [4.78, 5) is 0.430. The number of anilines is 1. The molecule has 3 rings (SSSR count). The van der Waals surface area contributed by atoms with Gasteiger partial charge in [-0.2, -0.15) is 0 Å². The summed E-state index contributed by atoms with van der Waals surface area (Å²) in [6.07, 6.45) is 5.32. The largest absolute Gasteiger partial charge is 0.505 e. The maximum Gasteiger partial charge on any atom is 0.269 e. The number of hydrogen-bond donors (Lipinski definition) is 1. The van der Waals surface area contributed by atoms with Crippen LogP contribution in [0.5, 0.6) is 0 Å². The van der Waals surface area contributed by atoms with Gasteiger partial charge in [0.05, 0.1) is 17.1 Å². The number of aliphatic hydroxyl groups is 1. The topological polar surface area (TPSA) is 57.6 Å². The van der Waals surface area contributed by atoms with Crippen LogP contribution in [-0.4, -0.2) is 20.1 Å². The zero-order valence-electron chi connectivity index (χ0n) is 11.8. The van der Waals surface area contributed by atoms with Crippen molar-refractivity contribution in [2.75, 3.05) is 10.8 Å². The molecule has 2 aromatic rings. The first-order valence-corrected chi connectivity index (χ1v) is 8.83. The third-order valence-corrected chi connectivity index (χ3v) is 6.26. The highest BCUT2D eigenvalue weighted by Gasteiger charge is 2.39. The van der Waals surface area contributed by atoms with E-state index in [9.17, 15) is 13.5 Å². The molecule has 0 unspecified atom stereocenters. The van der Waals surface area contributed by atoms with Crippen molar-refractivity contribution >= 4 is 37.7 Å². The van der Waals surface area contributed by atoms with Crippen LogP contribution in [0.2, 0.25) is 0 Å². The van der Waals surface area contributed by atoms with Crippen LogP contribution >= 0.6 is 11.3 Å². The lowest BCUT2D eigenvalue weighted by Gasteiger charge is -2.29. The highest BCUT2D eigenvalue weighted by Crippen LogP contribution is 2.45. The number of aliphatic hydroxyl groups excluding tert-OH is 1. The number of aryl methyl sites for hydroxylation is 1. The summed E-state index contributed by atoms with van der Waals surface area (Å²) in [5.41, 5.74) is 1.69. The first-order chi connectivity index (χ1) is 10.5. The Kier molecular flexibility index (Phi) is 3.47. The molecule has 1 aromatic carbocycles. The molecule has 6 heteroatoms. The first-order valence-electron chi connectivity index (χ1n) is 6.51. The van der Waals surface area contributed by atoms with Crippen molar-refractivity contribution in [1.29, 1.82) is 0 Å². The Morgan fingerprint density at radius 2 is 2.05 bits per heavy atom. The van der Waals surface area contributed by atoms with E-state index in [2.05, 4.69) is 5.92 Å². The lowest BCUT2D eigenvalue weighted by molar-refractivity contribution is 0.515. The van der Waals surface area contributed by atoms with Crippen molar-refractivity contribution in [3.05, 3.63) is 51.7 Å². The minimum absolute atomic E-state index is 0.0747. The summed E-state index contributed by atoms with van der Waals surface area (Å²) in [5, 5.41) is 12.3. The van der Waals surface area contributed by atoms with Crippen LogP contribution in [0.3, 0.4) is 0 Å². The van der Waals surface area contributed by atoms with E-state index in [-0.39, 0.29) is 17.2 Å². The van der Waals surface area contributed by atoms with Gasteiger partial charge in [0, 0.05) is 5.56 Å². The van der Waals surface area contributed by atoms with Gasteiger partial charge in [-0.25, -0.2) is 8.42 Å². The minimum atomic E-state index is -3.91. The molecule has 0 atom stereocenters. The number of terminal acetylenes is 1. The van der Waals surface area contributed by atoms with Gasteiger partial charge in [0.1, 0.15) is 4.91 Å². The average molecular weight is 331 g/mol. The van der Waals surface area contributed by atoms with Gasteiger partial charge in [-0.1, -0.05) is 30.2 Å². The molecule has 0 fully saturated rings. The Morgan fingerprint density at radius 1 is 1.32 bits per heavy atom. The molecule has 1 aromatic heterocycles. The Bertz CT molecular complexity index is 917. The van der Waals surface area contributed by atoms with E-state index in [0.29, 0.717) is 16.1 Å². The molecule has 1 aliphatic heterocycles. The molecule has 22 heavy (non-hydrogen) atoms. The van der Waals surface area contributed by atoms with Crippen molar-refractivity contribution in [2.24, 2.45) is 0 Å². The van der Waals surface area contributed by atoms with Crippen LogP contribution in [-0.2, 0) is 10.0 Å². The maximum absolute atomic E-state index is 12.9. The van der Waals surface area contributed by atoms with Crippen LogP contribution in [0.4, 0.5) is 5.69 Å². The summed E-state index contributed by atoms with van der Waals surface area (Å²) < 4.78 is 27.1. The molecule has 112 valence electrons.